The van der Waals surface area contributed by atoms with Crippen molar-refractivity contribution in [1.29, 1.82) is 0 Å². The number of aryl methyl sites for hydroxylation is 1. The van der Waals surface area contributed by atoms with Gasteiger partial charge in [-0.15, -0.1) is 0 Å². The van der Waals surface area contributed by atoms with Crippen LogP contribution in [0.4, 0.5) is 0 Å². The molecule has 2 fully saturated rings. The molecule has 1 heterocycles. The molecule has 23 heavy (non-hydrogen) atoms. The molecule has 2 aliphatic carbocycles. The van der Waals surface area contributed by atoms with Gasteiger partial charge in [0, 0.05) is 6.04 Å². The van der Waals surface area contributed by atoms with Crippen molar-refractivity contribution in [1.82, 2.24) is 15.5 Å². The summed E-state index contributed by atoms with van der Waals surface area (Å²) in [5.74, 6) is 0.988. The Hall–Kier alpha value is -1.44. The standard InChI is InChI=1S/C15H23N3O4S/c1-9(13-6-11-3-4-12(13)5-11)16-14(19)7-23(20,21)8-15-17-10(2)18-22-15/h9,11-13H,3-8H2,1-2H3,(H,16,19)/t9-,11+,12+,13+/m1/s1. The lowest BCUT2D eigenvalue weighted by molar-refractivity contribution is -0.119. The van der Waals surface area contributed by atoms with Gasteiger partial charge in [-0.3, -0.25) is 4.79 Å². The van der Waals surface area contributed by atoms with Crippen molar-refractivity contribution < 1.29 is 17.7 Å². The smallest absolute Gasteiger partial charge is 0.241 e. The summed E-state index contributed by atoms with van der Waals surface area (Å²) in [7, 11) is -3.61. The van der Waals surface area contributed by atoms with Crippen LogP contribution in [-0.2, 0) is 20.4 Å². The summed E-state index contributed by atoms with van der Waals surface area (Å²) in [4.78, 5) is 15.9. The molecule has 0 aliphatic heterocycles. The number of amides is 1. The van der Waals surface area contributed by atoms with Crippen molar-refractivity contribution >= 4 is 15.7 Å². The van der Waals surface area contributed by atoms with E-state index < -0.39 is 27.3 Å². The summed E-state index contributed by atoms with van der Waals surface area (Å²) >= 11 is 0. The van der Waals surface area contributed by atoms with E-state index in [2.05, 4.69) is 15.5 Å². The second kappa shape index (κ2) is 6.22. The van der Waals surface area contributed by atoms with E-state index in [4.69, 9.17) is 4.52 Å². The number of nitrogens with zero attached hydrogens (tertiary/aromatic N) is 2. The maximum atomic E-state index is 12.1. The molecule has 8 heteroatoms. The van der Waals surface area contributed by atoms with E-state index in [9.17, 15) is 13.2 Å². The van der Waals surface area contributed by atoms with Gasteiger partial charge in [0.1, 0.15) is 11.5 Å². The van der Waals surface area contributed by atoms with E-state index in [1.165, 1.54) is 19.3 Å². The zero-order valence-electron chi connectivity index (χ0n) is 13.5. The van der Waals surface area contributed by atoms with Crippen LogP contribution in [0.3, 0.4) is 0 Å². The SMILES string of the molecule is Cc1noc(CS(=O)(=O)CC(=O)N[C@H](C)[C@@H]2C[C@H]3CC[C@H]2C3)n1. The maximum absolute atomic E-state index is 12.1. The van der Waals surface area contributed by atoms with Crippen LogP contribution in [0.25, 0.3) is 0 Å². The normalized spacial score (nSPS) is 28.0. The number of sulfone groups is 1. The zero-order valence-corrected chi connectivity index (χ0v) is 14.3. The van der Waals surface area contributed by atoms with Gasteiger partial charge in [-0.25, -0.2) is 8.42 Å². The third-order valence-electron chi connectivity index (χ3n) is 5.09. The molecule has 0 spiro atoms. The molecular formula is C15H23N3O4S. The van der Waals surface area contributed by atoms with Gasteiger partial charge in [-0.1, -0.05) is 11.6 Å². The topological polar surface area (TPSA) is 102 Å². The van der Waals surface area contributed by atoms with Crippen LogP contribution in [0.1, 0.15) is 44.3 Å². The Labute approximate surface area is 136 Å². The van der Waals surface area contributed by atoms with E-state index in [-0.39, 0.29) is 11.9 Å². The fourth-order valence-electron chi connectivity index (χ4n) is 4.15. The summed E-state index contributed by atoms with van der Waals surface area (Å²) in [5.41, 5.74) is 0. The second-order valence-corrected chi connectivity index (χ2v) is 9.03. The summed E-state index contributed by atoms with van der Waals surface area (Å²) in [6.45, 7) is 3.60. The molecule has 0 unspecified atom stereocenters. The minimum absolute atomic E-state index is 0.0245. The molecule has 1 amide bonds. The molecule has 128 valence electrons. The number of hydrogen-bond donors (Lipinski definition) is 1. The third kappa shape index (κ3) is 3.91. The predicted octanol–water partition coefficient (Wildman–Crippen LogP) is 1.23. The van der Waals surface area contributed by atoms with Gasteiger partial charge in [0.15, 0.2) is 15.7 Å². The average molecular weight is 341 g/mol. The quantitative estimate of drug-likeness (QED) is 0.835. The number of carbonyl (C=O) groups is 1. The number of aromatic nitrogens is 2. The van der Waals surface area contributed by atoms with Crippen molar-refractivity contribution in [3.63, 3.8) is 0 Å². The van der Waals surface area contributed by atoms with Gasteiger partial charge in [0.05, 0.1) is 0 Å². The lowest BCUT2D eigenvalue weighted by Crippen LogP contribution is -2.42. The highest BCUT2D eigenvalue weighted by Gasteiger charge is 2.42. The fourth-order valence-corrected chi connectivity index (χ4v) is 5.22. The van der Waals surface area contributed by atoms with Gasteiger partial charge in [0.25, 0.3) is 0 Å². The molecule has 1 aromatic rings. The van der Waals surface area contributed by atoms with Gasteiger partial charge < -0.3 is 9.84 Å². The lowest BCUT2D eigenvalue weighted by atomic mass is 9.84. The Morgan fingerprint density at radius 3 is 2.74 bits per heavy atom. The molecule has 2 bridgehead atoms. The Kier molecular flexibility index (Phi) is 4.44. The van der Waals surface area contributed by atoms with Gasteiger partial charge >= 0.3 is 0 Å². The van der Waals surface area contributed by atoms with Crippen LogP contribution in [0.5, 0.6) is 0 Å². The van der Waals surface area contributed by atoms with E-state index in [1.807, 2.05) is 6.92 Å². The molecular weight excluding hydrogens is 318 g/mol. The van der Waals surface area contributed by atoms with Crippen molar-refractivity contribution in [3.8, 4) is 0 Å². The number of fused-ring (bicyclic) bond motifs is 2. The highest BCUT2D eigenvalue weighted by molar-refractivity contribution is 7.91. The predicted molar refractivity (Wildman–Crippen MR) is 83.1 cm³/mol. The summed E-state index contributed by atoms with van der Waals surface area (Å²) in [6.07, 6.45) is 4.96. The Morgan fingerprint density at radius 1 is 1.39 bits per heavy atom. The molecule has 1 aromatic heterocycles. The molecule has 0 saturated heterocycles. The maximum Gasteiger partial charge on any atom is 0.241 e. The van der Waals surface area contributed by atoms with E-state index in [0.29, 0.717) is 17.7 Å². The number of carbonyl (C=O) groups excluding carboxylic acids is 1. The minimum Gasteiger partial charge on any atom is -0.352 e. The highest BCUT2D eigenvalue weighted by atomic mass is 32.2. The Morgan fingerprint density at radius 2 is 2.17 bits per heavy atom. The highest BCUT2D eigenvalue weighted by Crippen LogP contribution is 2.49. The summed E-state index contributed by atoms with van der Waals surface area (Å²) in [6, 6.07) is 0.0265. The third-order valence-corrected chi connectivity index (χ3v) is 6.48. The Balaban J connectivity index is 1.52. The molecule has 0 aromatic carbocycles. The average Bonchev–Trinajstić information content (AvgIpc) is 3.14. The van der Waals surface area contributed by atoms with Crippen LogP contribution in [-0.4, -0.2) is 36.3 Å². The lowest BCUT2D eigenvalue weighted by Gasteiger charge is -2.28. The van der Waals surface area contributed by atoms with Crippen LogP contribution in [0, 0.1) is 24.7 Å². The van der Waals surface area contributed by atoms with Crippen molar-refractivity contribution in [3.05, 3.63) is 11.7 Å². The van der Waals surface area contributed by atoms with Crippen LogP contribution in [0.15, 0.2) is 4.52 Å². The van der Waals surface area contributed by atoms with Gasteiger partial charge in [0.2, 0.25) is 11.8 Å². The first-order valence-corrected chi connectivity index (χ1v) is 9.93. The second-order valence-electron chi connectivity index (χ2n) is 6.96. The fraction of sp³-hybridized carbons (Fsp3) is 0.800. The number of hydrogen-bond acceptors (Lipinski definition) is 6. The first-order valence-electron chi connectivity index (χ1n) is 8.11. The van der Waals surface area contributed by atoms with Crippen LogP contribution in [0.2, 0.25) is 0 Å². The van der Waals surface area contributed by atoms with Gasteiger partial charge in [-0.05, 0) is 50.9 Å². The summed E-state index contributed by atoms with van der Waals surface area (Å²) < 4.78 is 28.9. The first-order chi connectivity index (χ1) is 10.8. The largest absolute Gasteiger partial charge is 0.352 e. The molecule has 0 radical (unpaired) electrons. The molecule has 1 N–H and O–H groups in total. The number of nitrogens with one attached hydrogen (secondary N) is 1. The van der Waals surface area contributed by atoms with E-state index >= 15 is 0 Å². The van der Waals surface area contributed by atoms with Crippen LogP contribution < -0.4 is 5.32 Å². The van der Waals surface area contributed by atoms with Crippen molar-refractivity contribution in [2.24, 2.45) is 17.8 Å². The molecule has 2 aliphatic rings. The first kappa shape index (κ1) is 16.4. The Bertz CT molecular complexity index is 685. The zero-order chi connectivity index (χ0) is 16.6. The monoisotopic (exact) mass is 341 g/mol. The van der Waals surface area contributed by atoms with Gasteiger partial charge in [-0.2, -0.15) is 4.98 Å². The van der Waals surface area contributed by atoms with E-state index in [1.54, 1.807) is 6.92 Å². The van der Waals surface area contributed by atoms with Crippen LogP contribution >= 0.6 is 0 Å². The van der Waals surface area contributed by atoms with Crippen molar-refractivity contribution in [2.75, 3.05) is 5.75 Å². The summed E-state index contributed by atoms with van der Waals surface area (Å²) in [5, 5.41) is 6.42. The molecule has 7 nitrogen and oxygen atoms in total. The molecule has 4 atom stereocenters. The molecule has 3 rings (SSSR count). The minimum atomic E-state index is -3.61. The number of rotatable bonds is 6. The molecule has 2 saturated carbocycles. The van der Waals surface area contributed by atoms with E-state index in [0.717, 1.165) is 12.3 Å². The van der Waals surface area contributed by atoms with Crippen molar-refractivity contribution in [2.45, 2.75) is 51.3 Å².